The number of amides is 4. The molecule has 0 bridgehead atoms. The van der Waals surface area contributed by atoms with E-state index in [1.807, 2.05) is 0 Å². The fourth-order valence-electron chi connectivity index (χ4n) is 4.44. The second-order valence-electron chi connectivity index (χ2n) is 8.35. The van der Waals surface area contributed by atoms with E-state index in [1.165, 1.54) is 18.4 Å². The first kappa shape index (κ1) is 23.5. The van der Waals surface area contributed by atoms with Crippen LogP contribution in [0.3, 0.4) is 0 Å². The van der Waals surface area contributed by atoms with E-state index in [1.54, 1.807) is 0 Å². The van der Waals surface area contributed by atoms with Gasteiger partial charge in [-0.05, 0) is 37.1 Å². The number of alkyl halides is 3. The molecular weight excluding hydrogens is 455 g/mol. The highest BCUT2D eigenvalue weighted by Crippen LogP contribution is 2.39. The zero-order valence-electron chi connectivity index (χ0n) is 18.0. The molecule has 1 aliphatic carbocycles. The number of likely N-dealkylation sites (tertiary alicyclic amines) is 1. The zero-order chi connectivity index (χ0) is 24.5. The molecule has 4 amide bonds. The number of hydrogen-bond acceptors (Lipinski definition) is 5. The maximum absolute atomic E-state index is 13.6. The van der Waals surface area contributed by atoms with Gasteiger partial charge in [0.1, 0.15) is 6.26 Å². The van der Waals surface area contributed by atoms with Gasteiger partial charge in [0, 0.05) is 18.7 Å². The minimum Gasteiger partial charge on any atom is -0.472 e. The number of hydrogen-bond donors (Lipinski definition) is 2. The average Bonchev–Trinajstić information content (AvgIpc) is 3.41. The summed E-state index contributed by atoms with van der Waals surface area (Å²) in [6.07, 6.45) is 0.279. The summed E-state index contributed by atoms with van der Waals surface area (Å²) in [6.45, 7) is -0.184. The van der Waals surface area contributed by atoms with E-state index in [0.717, 1.165) is 30.1 Å². The van der Waals surface area contributed by atoms with Crippen molar-refractivity contribution in [1.29, 1.82) is 0 Å². The number of fused-ring (bicyclic) bond motifs is 1. The lowest BCUT2D eigenvalue weighted by molar-refractivity contribution is -0.140. The number of rotatable bonds is 6. The van der Waals surface area contributed by atoms with Crippen molar-refractivity contribution in [3.63, 3.8) is 0 Å². The number of carbonyl (C=O) groups is 4. The lowest BCUT2D eigenvalue weighted by atomic mass is 9.81. The molecule has 0 radical (unpaired) electrons. The van der Waals surface area contributed by atoms with E-state index in [9.17, 15) is 32.3 Å². The van der Waals surface area contributed by atoms with Crippen LogP contribution in [0.2, 0.25) is 0 Å². The number of nitrogens with zero attached hydrogens (tertiary/aromatic N) is 1. The van der Waals surface area contributed by atoms with Gasteiger partial charge in [0.05, 0.1) is 34.9 Å². The summed E-state index contributed by atoms with van der Waals surface area (Å²) in [7, 11) is 0. The van der Waals surface area contributed by atoms with Crippen LogP contribution in [0.5, 0.6) is 0 Å². The van der Waals surface area contributed by atoms with Gasteiger partial charge >= 0.3 is 6.18 Å². The zero-order valence-corrected chi connectivity index (χ0v) is 18.0. The fourth-order valence-corrected chi connectivity index (χ4v) is 4.44. The third kappa shape index (κ3) is 4.82. The van der Waals surface area contributed by atoms with Gasteiger partial charge in [0.15, 0.2) is 0 Å². The topological polar surface area (TPSA) is 109 Å². The van der Waals surface area contributed by atoms with Gasteiger partial charge in [-0.15, -0.1) is 0 Å². The molecule has 2 atom stereocenters. The van der Waals surface area contributed by atoms with Crippen molar-refractivity contribution in [3.05, 3.63) is 47.9 Å². The maximum atomic E-state index is 13.6. The van der Waals surface area contributed by atoms with Crippen LogP contribution in [0.15, 0.2) is 41.2 Å². The molecule has 11 heteroatoms. The summed E-state index contributed by atoms with van der Waals surface area (Å²) in [5.74, 6) is -2.75. The predicted molar refractivity (Wildman–Crippen MR) is 114 cm³/mol. The van der Waals surface area contributed by atoms with Crippen LogP contribution in [-0.2, 0) is 20.6 Å². The van der Waals surface area contributed by atoms with E-state index in [0.29, 0.717) is 18.9 Å². The second-order valence-corrected chi connectivity index (χ2v) is 8.35. The Morgan fingerprint density at radius 1 is 1.03 bits per heavy atom. The van der Waals surface area contributed by atoms with Crippen LogP contribution < -0.4 is 10.6 Å². The molecule has 2 aromatic rings. The molecule has 180 valence electrons. The molecule has 2 unspecified atom stereocenters. The van der Waals surface area contributed by atoms with Gasteiger partial charge in [-0.2, -0.15) is 13.2 Å². The van der Waals surface area contributed by atoms with Crippen LogP contribution in [0.4, 0.5) is 24.5 Å². The van der Waals surface area contributed by atoms with E-state index in [4.69, 9.17) is 4.42 Å². The molecule has 8 nitrogen and oxygen atoms in total. The molecule has 1 saturated carbocycles. The summed E-state index contributed by atoms with van der Waals surface area (Å²) in [5.41, 5.74) is -1.62. The Hall–Kier alpha value is -3.63. The van der Waals surface area contributed by atoms with Crippen LogP contribution in [0.25, 0.3) is 0 Å². The standard InChI is InChI=1S/C23H22F3N3O5/c24-23(25,26)17-11-14(27-20(31)13-8-10-34-12-13)5-6-18(17)28-19(30)7-9-29-21(32)15-3-1-2-4-16(15)22(29)33/h5-6,8,10-12,15-16H,1-4,7,9H2,(H,27,31)(H,28,30). The maximum Gasteiger partial charge on any atom is 0.418 e. The number of benzene rings is 1. The first-order valence-corrected chi connectivity index (χ1v) is 10.8. The summed E-state index contributed by atoms with van der Waals surface area (Å²) in [4.78, 5) is 50.5. The third-order valence-electron chi connectivity index (χ3n) is 6.14. The smallest absolute Gasteiger partial charge is 0.418 e. The molecular formula is C23H22F3N3O5. The van der Waals surface area contributed by atoms with Crippen molar-refractivity contribution < 1.29 is 36.8 Å². The van der Waals surface area contributed by atoms with Crippen molar-refractivity contribution in [2.75, 3.05) is 17.2 Å². The monoisotopic (exact) mass is 477 g/mol. The molecule has 1 saturated heterocycles. The Kier molecular flexibility index (Phi) is 6.45. The van der Waals surface area contributed by atoms with Crippen LogP contribution >= 0.6 is 0 Å². The van der Waals surface area contributed by atoms with E-state index >= 15 is 0 Å². The molecule has 2 heterocycles. The Morgan fingerprint density at radius 3 is 2.29 bits per heavy atom. The molecule has 34 heavy (non-hydrogen) atoms. The highest BCUT2D eigenvalue weighted by atomic mass is 19.4. The largest absolute Gasteiger partial charge is 0.472 e. The number of anilines is 2. The van der Waals surface area contributed by atoms with Gasteiger partial charge in [0.2, 0.25) is 17.7 Å². The fraction of sp³-hybridized carbons (Fsp3) is 0.391. The SMILES string of the molecule is O=C(CCN1C(=O)C2CCCCC2C1=O)Nc1ccc(NC(=O)c2ccoc2)cc1C(F)(F)F. The Morgan fingerprint density at radius 2 is 1.71 bits per heavy atom. The van der Waals surface area contributed by atoms with Gasteiger partial charge in [-0.1, -0.05) is 12.8 Å². The van der Waals surface area contributed by atoms with Crippen molar-refractivity contribution in [2.45, 2.75) is 38.3 Å². The van der Waals surface area contributed by atoms with E-state index in [2.05, 4.69) is 10.6 Å². The number of furan rings is 1. The third-order valence-corrected chi connectivity index (χ3v) is 6.14. The van der Waals surface area contributed by atoms with Crippen molar-refractivity contribution in [2.24, 2.45) is 11.8 Å². The molecule has 0 spiro atoms. The first-order chi connectivity index (χ1) is 16.1. The molecule has 1 aliphatic heterocycles. The summed E-state index contributed by atoms with van der Waals surface area (Å²) in [6, 6.07) is 4.33. The minimum absolute atomic E-state index is 0.118. The highest BCUT2D eigenvalue weighted by Gasteiger charge is 2.47. The Bertz CT molecular complexity index is 1090. The number of imide groups is 1. The number of carbonyl (C=O) groups excluding carboxylic acids is 4. The molecule has 2 N–H and O–H groups in total. The minimum atomic E-state index is -4.81. The average molecular weight is 477 g/mol. The normalized spacial score (nSPS) is 20.3. The molecule has 4 rings (SSSR count). The van der Waals surface area contributed by atoms with Gasteiger partial charge in [0.25, 0.3) is 5.91 Å². The van der Waals surface area contributed by atoms with Crippen LogP contribution in [0.1, 0.15) is 48.0 Å². The summed E-state index contributed by atoms with van der Waals surface area (Å²) in [5, 5.41) is 4.55. The summed E-state index contributed by atoms with van der Waals surface area (Å²) < 4.78 is 45.6. The molecule has 2 fully saturated rings. The second kappa shape index (κ2) is 9.32. The predicted octanol–water partition coefficient (Wildman–Crippen LogP) is 4.05. The van der Waals surface area contributed by atoms with E-state index < -0.39 is 29.2 Å². The number of nitrogens with one attached hydrogen (secondary N) is 2. The van der Waals surface area contributed by atoms with Crippen LogP contribution in [0, 0.1) is 11.8 Å². The van der Waals surface area contributed by atoms with Gasteiger partial charge < -0.3 is 15.1 Å². The first-order valence-electron chi connectivity index (χ1n) is 10.8. The lowest BCUT2D eigenvalue weighted by Crippen LogP contribution is -2.34. The number of halogens is 3. The Labute approximate surface area is 192 Å². The molecule has 1 aromatic carbocycles. The molecule has 1 aromatic heterocycles. The van der Waals surface area contributed by atoms with Crippen molar-refractivity contribution in [3.8, 4) is 0 Å². The van der Waals surface area contributed by atoms with E-state index in [-0.39, 0.29) is 47.9 Å². The van der Waals surface area contributed by atoms with Gasteiger partial charge in [-0.3, -0.25) is 24.1 Å². The molecule has 2 aliphatic rings. The van der Waals surface area contributed by atoms with Gasteiger partial charge in [-0.25, -0.2) is 0 Å². The van der Waals surface area contributed by atoms with Crippen molar-refractivity contribution in [1.82, 2.24) is 4.90 Å². The Balaban J connectivity index is 1.42. The summed E-state index contributed by atoms with van der Waals surface area (Å²) >= 11 is 0. The van der Waals surface area contributed by atoms with Crippen molar-refractivity contribution >= 4 is 35.0 Å². The van der Waals surface area contributed by atoms with Crippen LogP contribution in [-0.4, -0.2) is 35.1 Å². The highest BCUT2D eigenvalue weighted by molar-refractivity contribution is 6.06. The lowest BCUT2D eigenvalue weighted by Gasteiger charge is -2.19. The quantitative estimate of drug-likeness (QED) is 0.610.